The summed E-state index contributed by atoms with van der Waals surface area (Å²) < 4.78 is 5.02. The Balaban J connectivity index is 1.91. The third-order valence-electron chi connectivity index (χ3n) is 3.08. The number of thiol groups is 1. The van der Waals surface area contributed by atoms with E-state index in [-0.39, 0.29) is 0 Å². The number of nitrogens with zero attached hydrogens (tertiary/aromatic N) is 4. The first-order valence-corrected chi connectivity index (χ1v) is 8.57. The highest BCUT2D eigenvalue weighted by Crippen LogP contribution is 2.24. The molecule has 0 N–H and O–H groups in total. The van der Waals surface area contributed by atoms with Crippen molar-refractivity contribution in [1.82, 2.24) is 15.0 Å². The first-order valence-electron chi connectivity index (χ1n) is 7.24. The highest BCUT2D eigenvalue weighted by molar-refractivity contribution is 7.81. The summed E-state index contributed by atoms with van der Waals surface area (Å²) in [5, 5.41) is 0. The number of ether oxygens (including phenoxy) is 1. The lowest BCUT2D eigenvalue weighted by atomic mass is 10.2. The summed E-state index contributed by atoms with van der Waals surface area (Å²) in [7, 11) is 0. The molecule has 3 heterocycles. The minimum Gasteiger partial charge on any atom is -0.410 e. The molecule has 0 aliphatic rings. The van der Waals surface area contributed by atoms with Crippen LogP contribution in [0.4, 0.5) is 10.6 Å². The zero-order valence-corrected chi connectivity index (χ0v) is 14.9. The number of fused-ring (bicyclic) bond motifs is 1. The Morgan fingerprint density at radius 1 is 1.29 bits per heavy atom. The lowest BCUT2D eigenvalue weighted by Crippen LogP contribution is -2.42. The molecule has 24 heavy (non-hydrogen) atoms. The summed E-state index contributed by atoms with van der Waals surface area (Å²) >= 11 is 5.95. The molecule has 3 rings (SSSR count). The van der Waals surface area contributed by atoms with Crippen molar-refractivity contribution in [3.8, 4) is 5.75 Å². The lowest BCUT2D eigenvalue weighted by Gasteiger charge is -2.27. The zero-order chi connectivity index (χ0) is 17.2. The minimum atomic E-state index is -0.514. The monoisotopic (exact) mass is 360 g/mol. The number of carbonyl (C=O) groups excluding carboxylic acids is 1. The number of anilines is 1. The van der Waals surface area contributed by atoms with E-state index in [4.69, 9.17) is 4.74 Å². The lowest BCUT2D eigenvalue weighted by molar-refractivity contribution is 0.206. The van der Waals surface area contributed by atoms with Crippen molar-refractivity contribution in [3.63, 3.8) is 0 Å². The average Bonchev–Trinajstić information content (AvgIpc) is 3.00. The Labute approximate surface area is 148 Å². The van der Waals surface area contributed by atoms with Crippen molar-refractivity contribution in [3.05, 3.63) is 42.2 Å². The minimum absolute atomic E-state index is 0.345. The fourth-order valence-corrected chi connectivity index (χ4v) is 2.88. The van der Waals surface area contributed by atoms with Gasteiger partial charge in [-0.05, 0) is 38.1 Å². The highest BCUT2D eigenvalue weighted by atomic mass is 32.1. The quantitative estimate of drug-likeness (QED) is 0.717. The van der Waals surface area contributed by atoms with Crippen LogP contribution in [0.5, 0.6) is 5.75 Å². The van der Waals surface area contributed by atoms with Crippen molar-refractivity contribution in [2.24, 2.45) is 0 Å². The molecule has 0 aliphatic heterocycles. The molecular formula is C16H16N4O2S2. The van der Waals surface area contributed by atoms with Crippen molar-refractivity contribution in [1.29, 1.82) is 0 Å². The van der Waals surface area contributed by atoms with Crippen LogP contribution in [0.1, 0.15) is 13.8 Å². The number of amides is 1. The largest absolute Gasteiger partial charge is 0.420 e. The van der Waals surface area contributed by atoms with E-state index in [0.29, 0.717) is 18.1 Å². The van der Waals surface area contributed by atoms with Crippen LogP contribution in [0.15, 0.2) is 42.2 Å². The van der Waals surface area contributed by atoms with Crippen LogP contribution in [0, 0.1) is 0 Å². The van der Waals surface area contributed by atoms with Gasteiger partial charge in [-0.15, -0.1) is 11.3 Å². The molecule has 3 aromatic rings. The van der Waals surface area contributed by atoms with Gasteiger partial charge in [-0.1, -0.05) is 0 Å². The average molecular weight is 360 g/mol. The van der Waals surface area contributed by atoms with Gasteiger partial charge in [-0.3, -0.25) is 9.88 Å². The van der Waals surface area contributed by atoms with Gasteiger partial charge >= 0.3 is 6.09 Å². The van der Waals surface area contributed by atoms with E-state index in [2.05, 4.69) is 27.6 Å². The Morgan fingerprint density at radius 3 is 2.75 bits per heavy atom. The number of hydrogen-bond acceptors (Lipinski definition) is 7. The molecule has 0 aliphatic carbocycles. The number of carbonyl (C=O) groups is 1. The number of thiazole rings is 1. The maximum atomic E-state index is 12.7. The molecule has 0 radical (unpaired) electrons. The Morgan fingerprint density at radius 2 is 2.04 bits per heavy atom. The van der Waals surface area contributed by atoms with Crippen molar-refractivity contribution < 1.29 is 9.53 Å². The maximum Gasteiger partial charge on any atom is 0.420 e. The molecule has 0 aromatic carbocycles. The summed E-state index contributed by atoms with van der Waals surface area (Å²) in [6, 6.07) is 6.85. The van der Waals surface area contributed by atoms with Crippen LogP contribution in [0.3, 0.4) is 0 Å². The van der Waals surface area contributed by atoms with Crippen molar-refractivity contribution in [2.45, 2.75) is 18.6 Å². The van der Waals surface area contributed by atoms with Gasteiger partial charge in [0.05, 0.1) is 5.51 Å². The van der Waals surface area contributed by atoms with E-state index < -0.39 is 10.8 Å². The van der Waals surface area contributed by atoms with Crippen LogP contribution < -0.4 is 9.64 Å². The second-order valence-electron chi connectivity index (χ2n) is 5.80. The SMILES string of the molecule is CC(C)(S)CN(C(=O)Oc1ccncc1)c1ccc2ncsc2n1. The standard InChI is InChI=1S/C16H16N4O2S2/c1-16(2,23)9-20(15(21)22-11-5-7-17-8-6-11)13-4-3-12-14(19-13)24-10-18-12/h3-8,10,23H,9H2,1-2H3. The second-order valence-corrected chi connectivity index (χ2v) is 7.84. The second kappa shape index (κ2) is 6.74. The summed E-state index contributed by atoms with van der Waals surface area (Å²) in [5.41, 5.74) is 2.53. The molecular weight excluding hydrogens is 344 g/mol. The first-order chi connectivity index (χ1) is 11.4. The molecule has 1 amide bonds. The van der Waals surface area contributed by atoms with Crippen LogP contribution in [0.25, 0.3) is 10.3 Å². The third kappa shape index (κ3) is 4.01. The predicted octanol–water partition coefficient (Wildman–Crippen LogP) is 3.80. The summed E-state index contributed by atoms with van der Waals surface area (Å²) in [4.78, 5) is 27.5. The van der Waals surface area contributed by atoms with Gasteiger partial charge in [-0.25, -0.2) is 14.8 Å². The third-order valence-corrected chi connectivity index (χ3v) is 3.95. The van der Waals surface area contributed by atoms with E-state index >= 15 is 0 Å². The molecule has 0 saturated heterocycles. The molecule has 0 fully saturated rings. The maximum absolute atomic E-state index is 12.7. The van der Waals surface area contributed by atoms with Crippen molar-refractivity contribution in [2.75, 3.05) is 11.4 Å². The van der Waals surface area contributed by atoms with Crippen LogP contribution in [-0.4, -0.2) is 32.3 Å². The van der Waals surface area contributed by atoms with Crippen LogP contribution in [0.2, 0.25) is 0 Å². The molecule has 6 nitrogen and oxygen atoms in total. The first kappa shape index (κ1) is 16.7. The predicted molar refractivity (Wildman–Crippen MR) is 98.1 cm³/mol. The molecule has 0 atom stereocenters. The van der Waals surface area contributed by atoms with Crippen molar-refractivity contribution >= 4 is 46.2 Å². The van der Waals surface area contributed by atoms with E-state index in [1.807, 2.05) is 19.9 Å². The zero-order valence-electron chi connectivity index (χ0n) is 13.2. The number of hydrogen-bond donors (Lipinski definition) is 1. The van der Waals surface area contributed by atoms with E-state index in [9.17, 15) is 4.79 Å². The highest BCUT2D eigenvalue weighted by Gasteiger charge is 2.26. The van der Waals surface area contributed by atoms with Gasteiger partial charge in [0.2, 0.25) is 0 Å². The van der Waals surface area contributed by atoms with E-state index in [0.717, 1.165) is 10.3 Å². The Bertz CT molecular complexity index is 846. The summed E-state index contributed by atoms with van der Waals surface area (Å²) in [5.74, 6) is 0.934. The normalized spacial score (nSPS) is 11.5. The van der Waals surface area contributed by atoms with Gasteiger partial charge in [0.1, 0.15) is 21.9 Å². The molecule has 3 aromatic heterocycles. The van der Waals surface area contributed by atoms with Gasteiger partial charge in [0, 0.05) is 23.7 Å². The van der Waals surface area contributed by atoms with E-state index in [1.54, 1.807) is 36.1 Å². The number of rotatable bonds is 4. The Hall–Kier alpha value is -2.19. The summed E-state index contributed by atoms with van der Waals surface area (Å²) in [6.07, 6.45) is 2.62. The summed E-state index contributed by atoms with van der Waals surface area (Å²) in [6.45, 7) is 4.19. The number of pyridine rings is 2. The van der Waals surface area contributed by atoms with Gasteiger partial charge in [-0.2, -0.15) is 12.6 Å². The van der Waals surface area contributed by atoms with Crippen LogP contribution >= 0.6 is 24.0 Å². The Kier molecular flexibility index (Phi) is 4.68. The van der Waals surface area contributed by atoms with Gasteiger partial charge < -0.3 is 4.74 Å². The molecule has 0 bridgehead atoms. The fourth-order valence-electron chi connectivity index (χ4n) is 2.08. The van der Waals surface area contributed by atoms with E-state index in [1.165, 1.54) is 16.2 Å². The topological polar surface area (TPSA) is 68.2 Å². The molecule has 0 spiro atoms. The molecule has 0 unspecified atom stereocenters. The number of aromatic nitrogens is 3. The molecule has 8 heteroatoms. The fraction of sp³-hybridized carbons (Fsp3) is 0.250. The molecule has 124 valence electrons. The molecule has 0 saturated carbocycles. The van der Waals surface area contributed by atoms with Crippen LogP contribution in [-0.2, 0) is 0 Å². The smallest absolute Gasteiger partial charge is 0.410 e. The van der Waals surface area contributed by atoms with Gasteiger partial charge in [0.15, 0.2) is 0 Å². The van der Waals surface area contributed by atoms with Gasteiger partial charge in [0.25, 0.3) is 0 Å².